The van der Waals surface area contributed by atoms with Gasteiger partial charge in [0, 0.05) is 23.8 Å². The molecule has 6 heteroatoms. The smallest absolute Gasteiger partial charge is 0.185 e. The zero-order valence-corrected chi connectivity index (χ0v) is 15.8. The van der Waals surface area contributed by atoms with Gasteiger partial charge >= 0.3 is 0 Å². The van der Waals surface area contributed by atoms with E-state index in [4.69, 9.17) is 16.3 Å². The van der Waals surface area contributed by atoms with Gasteiger partial charge in [-0.05, 0) is 49.4 Å². The Balaban J connectivity index is 1.87. The van der Waals surface area contributed by atoms with Gasteiger partial charge in [-0.2, -0.15) is 5.10 Å². The first-order valence-electron chi connectivity index (χ1n) is 8.35. The van der Waals surface area contributed by atoms with Gasteiger partial charge in [0.15, 0.2) is 5.78 Å². The number of aryl methyl sites for hydroxylation is 1. The van der Waals surface area contributed by atoms with Crippen molar-refractivity contribution in [3.63, 3.8) is 0 Å². The summed E-state index contributed by atoms with van der Waals surface area (Å²) in [6.45, 7) is 2.07. The van der Waals surface area contributed by atoms with Crippen molar-refractivity contribution in [3.8, 4) is 11.4 Å². The Morgan fingerprint density at radius 3 is 2.70 bits per heavy atom. The Morgan fingerprint density at radius 2 is 2.00 bits per heavy atom. The number of allylic oxidation sites excluding steroid dienone is 1. The summed E-state index contributed by atoms with van der Waals surface area (Å²) in [4.78, 5) is 12.5. The molecule has 0 bridgehead atoms. The molecule has 1 heterocycles. The minimum absolute atomic E-state index is 0.0976. The van der Waals surface area contributed by atoms with Crippen molar-refractivity contribution < 1.29 is 14.6 Å². The van der Waals surface area contributed by atoms with E-state index in [2.05, 4.69) is 5.10 Å². The third-order valence-electron chi connectivity index (χ3n) is 4.11. The van der Waals surface area contributed by atoms with Gasteiger partial charge in [-0.3, -0.25) is 4.79 Å². The third kappa shape index (κ3) is 4.10. The highest BCUT2D eigenvalue weighted by molar-refractivity contribution is 6.31. The first-order chi connectivity index (χ1) is 13.0. The number of carbonyl (C=O) groups excluding carboxylic acids is 1. The fourth-order valence-electron chi connectivity index (χ4n) is 2.71. The molecule has 1 aromatic heterocycles. The van der Waals surface area contributed by atoms with Gasteiger partial charge in [-0.25, -0.2) is 4.68 Å². The van der Waals surface area contributed by atoms with Crippen LogP contribution >= 0.6 is 11.6 Å². The van der Waals surface area contributed by atoms with Crippen molar-refractivity contribution in [1.82, 2.24) is 9.78 Å². The molecule has 0 aliphatic heterocycles. The number of aromatic nitrogens is 2. The molecule has 0 atom stereocenters. The molecule has 0 saturated carbocycles. The molecule has 5 nitrogen and oxygen atoms in total. The maximum absolute atomic E-state index is 12.5. The number of benzene rings is 2. The number of hydrogen-bond donors (Lipinski definition) is 1. The predicted octanol–water partition coefficient (Wildman–Crippen LogP) is 4.58. The Bertz CT molecular complexity index is 994. The number of aromatic hydroxyl groups is 1. The SMILES string of the molecule is COCc1cc(C(=O)C=Cc2c(C)nn(-c3ccccc3)c2Cl)ccc1O. The van der Waals surface area contributed by atoms with Crippen molar-refractivity contribution >= 4 is 23.5 Å². The average Bonchev–Trinajstić information content (AvgIpc) is 2.96. The molecular weight excluding hydrogens is 364 g/mol. The zero-order valence-electron chi connectivity index (χ0n) is 15.0. The van der Waals surface area contributed by atoms with Crippen LogP contribution in [-0.2, 0) is 11.3 Å². The van der Waals surface area contributed by atoms with E-state index in [0.29, 0.717) is 21.8 Å². The second-order valence-corrected chi connectivity index (χ2v) is 6.37. The van der Waals surface area contributed by atoms with Crippen LogP contribution in [0.1, 0.15) is 27.2 Å². The number of halogens is 1. The van der Waals surface area contributed by atoms with Crippen molar-refractivity contribution in [2.24, 2.45) is 0 Å². The molecule has 0 aliphatic carbocycles. The largest absolute Gasteiger partial charge is 0.508 e. The van der Waals surface area contributed by atoms with E-state index in [-0.39, 0.29) is 18.1 Å². The molecule has 2 aromatic carbocycles. The predicted molar refractivity (Wildman–Crippen MR) is 105 cm³/mol. The third-order valence-corrected chi connectivity index (χ3v) is 4.48. The van der Waals surface area contributed by atoms with E-state index >= 15 is 0 Å². The minimum atomic E-state index is -0.199. The van der Waals surface area contributed by atoms with Crippen molar-refractivity contribution in [2.75, 3.05) is 7.11 Å². The van der Waals surface area contributed by atoms with E-state index < -0.39 is 0 Å². The highest BCUT2D eigenvalue weighted by Gasteiger charge is 2.13. The van der Waals surface area contributed by atoms with Crippen molar-refractivity contribution in [3.05, 3.63) is 82.1 Å². The lowest BCUT2D eigenvalue weighted by Crippen LogP contribution is -1.97. The minimum Gasteiger partial charge on any atom is -0.508 e. The topological polar surface area (TPSA) is 64.3 Å². The van der Waals surface area contributed by atoms with E-state index in [9.17, 15) is 9.90 Å². The van der Waals surface area contributed by atoms with Gasteiger partial charge in [0.25, 0.3) is 0 Å². The first-order valence-corrected chi connectivity index (χ1v) is 8.73. The standard InChI is InChI=1S/C21H19ClN2O3/c1-14-18(21(22)24(23-14)17-6-4-3-5-7-17)9-11-19(25)15-8-10-20(26)16(12-15)13-27-2/h3-12,26H,13H2,1-2H3. The molecule has 0 aliphatic rings. The van der Waals surface area contributed by atoms with Crippen molar-refractivity contribution in [2.45, 2.75) is 13.5 Å². The summed E-state index contributed by atoms with van der Waals surface area (Å²) in [7, 11) is 1.53. The summed E-state index contributed by atoms with van der Waals surface area (Å²) in [6.07, 6.45) is 3.11. The van der Waals surface area contributed by atoms with Gasteiger partial charge in [0.2, 0.25) is 0 Å². The molecule has 0 amide bonds. The quantitative estimate of drug-likeness (QED) is 0.500. The number of methoxy groups -OCH3 is 1. The Labute approximate surface area is 162 Å². The maximum Gasteiger partial charge on any atom is 0.185 e. The molecule has 138 valence electrons. The summed E-state index contributed by atoms with van der Waals surface area (Å²) in [5.74, 6) is -0.101. The molecule has 3 rings (SSSR count). The molecule has 0 unspecified atom stereocenters. The highest BCUT2D eigenvalue weighted by atomic mass is 35.5. The van der Waals surface area contributed by atoms with Crippen LogP contribution in [0.5, 0.6) is 5.75 Å². The van der Waals surface area contributed by atoms with E-state index in [1.54, 1.807) is 22.9 Å². The Morgan fingerprint density at radius 1 is 1.26 bits per heavy atom. The van der Waals surface area contributed by atoms with Crippen LogP contribution in [0.3, 0.4) is 0 Å². The fraction of sp³-hybridized carbons (Fsp3) is 0.143. The number of rotatable bonds is 6. The Hall–Kier alpha value is -2.89. The lowest BCUT2D eigenvalue weighted by Gasteiger charge is -2.05. The van der Waals surface area contributed by atoms with Crippen LogP contribution < -0.4 is 0 Å². The van der Waals surface area contributed by atoms with Crippen LogP contribution in [-0.4, -0.2) is 27.8 Å². The van der Waals surface area contributed by atoms with Gasteiger partial charge in [-0.15, -0.1) is 0 Å². The van der Waals surface area contributed by atoms with Gasteiger partial charge in [0.1, 0.15) is 10.9 Å². The molecule has 0 radical (unpaired) electrons. The molecule has 0 saturated heterocycles. The number of carbonyl (C=O) groups is 1. The van der Waals surface area contributed by atoms with Crippen LogP contribution in [0.15, 0.2) is 54.6 Å². The normalized spacial score (nSPS) is 11.2. The van der Waals surface area contributed by atoms with Crippen LogP contribution in [0, 0.1) is 6.92 Å². The maximum atomic E-state index is 12.5. The lowest BCUT2D eigenvalue weighted by molar-refractivity contribution is 0.104. The number of phenolic OH excluding ortho intramolecular Hbond substituents is 1. The van der Waals surface area contributed by atoms with Crippen molar-refractivity contribution in [1.29, 1.82) is 0 Å². The summed E-state index contributed by atoms with van der Waals surface area (Å²) in [5.41, 5.74) is 3.27. The van der Waals surface area contributed by atoms with E-state index in [1.807, 2.05) is 37.3 Å². The molecule has 1 N–H and O–H groups in total. The number of ketones is 1. The number of hydrogen-bond acceptors (Lipinski definition) is 4. The average molecular weight is 383 g/mol. The second kappa shape index (κ2) is 8.20. The van der Waals surface area contributed by atoms with Crippen LogP contribution in [0.25, 0.3) is 11.8 Å². The summed E-state index contributed by atoms with van der Waals surface area (Å²) < 4.78 is 6.67. The molecule has 0 spiro atoms. The fourth-order valence-corrected chi connectivity index (χ4v) is 3.04. The number of para-hydroxylation sites is 1. The van der Waals surface area contributed by atoms with E-state index in [0.717, 1.165) is 11.4 Å². The molecule has 0 fully saturated rings. The number of ether oxygens (including phenoxy) is 1. The van der Waals surface area contributed by atoms with Crippen LogP contribution in [0.2, 0.25) is 5.15 Å². The molecular formula is C21H19ClN2O3. The first kappa shape index (κ1) is 18.9. The Kier molecular flexibility index (Phi) is 5.74. The van der Waals surface area contributed by atoms with Gasteiger partial charge in [0.05, 0.1) is 18.0 Å². The van der Waals surface area contributed by atoms with E-state index in [1.165, 1.54) is 19.3 Å². The lowest BCUT2D eigenvalue weighted by atomic mass is 10.1. The number of phenols is 1. The highest BCUT2D eigenvalue weighted by Crippen LogP contribution is 2.25. The molecule has 3 aromatic rings. The second-order valence-electron chi connectivity index (χ2n) is 6.01. The summed E-state index contributed by atoms with van der Waals surface area (Å²) in [5, 5.41) is 14.7. The molecule has 27 heavy (non-hydrogen) atoms. The van der Waals surface area contributed by atoms with Crippen LogP contribution in [0.4, 0.5) is 0 Å². The van der Waals surface area contributed by atoms with Gasteiger partial charge < -0.3 is 9.84 Å². The monoisotopic (exact) mass is 382 g/mol. The zero-order chi connectivity index (χ0) is 19.4. The summed E-state index contributed by atoms with van der Waals surface area (Å²) >= 11 is 6.47. The number of nitrogens with zero attached hydrogens (tertiary/aromatic N) is 2. The van der Waals surface area contributed by atoms with Gasteiger partial charge in [-0.1, -0.05) is 29.8 Å². The summed E-state index contributed by atoms with van der Waals surface area (Å²) in [6, 6.07) is 14.2.